The van der Waals surface area contributed by atoms with Crippen molar-refractivity contribution >= 4 is 39.3 Å². The molecule has 0 aliphatic rings. The van der Waals surface area contributed by atoms with E-state index in [-0.39, 0.29) is 0 Å². The molecular formula is C21H18N2O2. The zero-order valence-corrected chi connectivity index (χ0v) is 13.9. The van der Waals surface area contributed by atoms with Crippen LogP contribution in [0.4, 0.5) is 16.2 Å². The molecule has 1 amide bonds. The molecule has 0 aliphatic heterocycles. The van der Waals surface area contributed by atoms with E-state index in [4.69, 9.17) is 0 Å². The van der Waals surface area contributed by atoms with E-state index in [0.29, 0.717) is 11.4 Å². The highest BCUT2D eigenvalue weighted by atomic mass is 16.4. The number of anilines is 2. The van der Waals surface area contributed by atoms with Crippen LogP contribution in [0.25, 0.3) is 21.8 Å². The lowest BCUT2D eigenvalue weighted by atomic mass is 10.1. The number of carboxylic acid groups (broad SMARTS) is 1. The normalized spacial score (nSPS) is 11.1. The summed E-state index contributed by atoms with van der Waals surface area (Å²) < 4.78 is 2.25. The molecule has 0 atom stereocenters. The van der Waals surface area contributed by atoms with Gasteiger partial charge in [0.1, 0.15) is 0 Å². The molecule has 124 valence electrons. The van der Waals surface area contributed by atoms with Crippen molar-refractivity contribution in [3.05, 3.63) is 72.8 Å². The molecule has 1 heterocycles. The highest BCUT2D eigenvalue weighted by Crippen LogP contribution is 2.34. The summed E-state index contributed by atoms with van der Waals surface area (Å²) in [6.07, 6.45) is -0.996. The van der Waals surface area contributed by atoms with E-state index in [1.165, 1.54) is 10.4 Å². The average molecular weight is 330 g/mol. The highest BCUT2D eigenvalue weighted by Gasteiger charge is 2.18. The second-order valence-electron chi connectivity index (χ2n) is 5.92. The Kier molecular flexibility index (Phi) is 3.65. The maximum atomic E-state index is 11.9. The third kappa shape index (κ3) is 2.43. The summed E-state index contributed by atoms with van der Waals surface area (Å²) >= 11 is 0. The fourth-order valence-corrected chi connectivity index (χ4v) is 3.47. The van der Waals surface area contributed by atoms with E-state index < -0.39 is 6.09 Å². The third-order valence-corrected chi connectivity index (χ3v) is 4.54. The topological polar surface area (TPSA) is 45.5 Å². The summed E-state index contributed by atoms with van der Waals surface area (Å²) in [6.45, 7) is 2.98. The van der Waals surface area contributed by atoms with Crippen molar-refractivity contribution in [1.82, 2.24) is 4.57 Å². The van der Waals surface area contributed by atoms with Gasteiger partial charge in [0, 0.05) is 28.4 Å². The Morgan fingerprint density at radius 3 is 2.28 bits per heavy atom. The molecule has 4 heteroatoms. The minimum atomic E-state index is -0.996. The summed E-state index contributed by atoms with van der Waals surface area (Å²) in [7, 11) is 0. The minimum absolute atomic E-state index is 0.633. The molecule has 0 bridgehead atoms. The lowest BCUT2D eigenvalue weighted by Crippen LogP contribution is -2.23. The first-order valence-electron chi connectivity index (χ1n) is 8.30. The van der Waals surface area contributed by atoms with Gasteiger partial charge in [-0.05, 0) is 43.3 Å². The first-order valence-corrected chi connectivity index (χ1v) is 8.30. The van der Waals surface area contributed by atoms with Gasteiger partial charge in [0.2, 0.25) is 0 Å². The van der Waals surface area contributed by atoms with Crippen molar-refractivity contribution in [2.45, 2.75) is 13.5 Å². The van der Waals surface area contributed by atoms with Crippen molar-refractivity contribution in [3.63, 3.8) is 0 Å². The fourth-order valence-electron chi connectivity index (χ4n) is 3.47. The molecule has 0 unspecified atom stereocenters. The number of amides is 1. The van der Waals surface area contributed by atoms with E-state index in [2.05, 4.69) is 23.6 Å². The van der Waals surface area contributed by atoms with Gasteiger partial charge in [0.05, 0.1) is 11.4 Å². The number of rotatable bonds is 3. The molecule has 0 radical (unpaired) electrons. The molecule has 4 aromatic rings. The van der Waals surface area contributed by atoms with E-state index in [1.54, 1.807) is 12.1 Å². The number of aromatic nitrogens is 1. The van der Waals surface area contributed by atoms with Crippen LogP contribution < -0.4 is 4.90 Å². The van der Waals surface area contributed by atoms with Gasteiger partial charge < -0.3 is 9.67 Å². The Bertz CT molecular complexity index is 1070. The maximum Gasteiger partial charge on any atom is 0.416 e. The number of aryl methyl sites for hydroxylation is 1. The maximum absolute atomic E-state index is 11.9. The summed E-state index contributed by atoms with van der Waals surface area (Å²) in [5.41, 5.74) is 3.56. The predicted molar refractivity (Wildman–Crippen MR) is 102 cm³/mol. The molecule has 1 aromatic heterocycles. The summed E-state index contributed by atoms with van der Waals surface area (Å²) in [4.78, 5) is 13.2. The quantitative estimate of drug-likeness (QED) is 0.529. The summed E-state index contributed by atoms with van der Waals surface area (Å²) in [5, 5.41) is 11.9. The Morgan fingerprint density at radius 2 is 1.56 bits per heavy atom. The number of carbonyl (C=O) groups is 1. The molecule has 1 N–H and O–H groups in total. The van der Waals surface area contributed by atoms with E-state index >= 15 is 0 Å². The van der Waals surface area contributed by atoms with Crippen LogP contribution in [0.15, 0.2) is 72.8 Å². The predicted octanol–water partition coefficient (Wildman–Crippen LogP) is 5.63. The van der Waals surface area contributed by atoms with Crippen molar-refractivity contribution in [3.8, 4) is 0 Å². The van der Waals surface area contributed by atoms with Crippen LogP contribution in [-0.2, 0) is 6.54 Å². The first kappa shape index (κ1) is 15.3. The first-order chi connectivity index (χ1) is 12.2. The van der Waals surface area contributed by atoms with Gasteiger partial charge in [0.15, 0.2) is 0 Å². The molecular weight excluding hydrogens is 312 g/mol. The van der Waals surface area contributed by atoms with E-state index in [9.17, 15) is 9.90 Å². The minimum Gasteiger partial charge on any atom is -0.464 e. The monoisotopic (exact) mass is 330 g/mol. The summed E-state index contributed by atoms with van der Waals surface area (Å²) in [6, 6.07) is 23.2. The van der Waals surface area contributed by atoms with E-state index in [0.717, 1.165) is 22.8 Å². The van der Waals surface area contributed by atoms with Crippen molar-refractivity contribution in [1.29, 1.82) is 0 Å². The van der Waals surface area contributed by atoms with Crippen molar-refractivity contribution in [2.75, 3.05) is 4.90 Å². The number of fused-ring (bicyclic) bond motifs is 3. The van der Waals surface area contributed by atoms with Crippen LogP contribution in [0.2, 0.25) is 0 Å². The van der Waals surface area contributed by atoms with Crippen LogP contribution in [0.3, 0.4) is 0 Å². The molecule has 3 aromatic carbocycles. The standard InChI is InChI=1S/C21H18N2O2/c1-2-22-19-11-7-6-10-17(19)18-14-16(12-13-20(18)22)23(21(24)25)15-8-4-3-5-9-15/h3-14H,2H2,1H3,(H,24,25). The van der Waals surface area contributed by atoms with Crippen LogP contribution in [0, 0.1) is 0 Å². The van der Waals surface area contributed by atoms with Crippen molar-refractivity contribution < 1.29 is 9.90 Å². The van der Waals surface area contributed by atoms with Gasteiger partial charge in [-0.1, -0.05) is 36.4 Å². The second-order valence-corrected chi connectivity index (χ2v) is 5.92. The third-order valence-electron chi connectivity index (χ3n) is 4.54. The zero-order chi connectivity index (χ0) is 17.4. The Morgan fingerprint density at radius 1 is 0.880 bits per heavy atom. The van der Waals surface area contributed by atoms with Crippen LogP contribution in [0.5, 0.6) is 0 Å². The number of nitrogens with zero attached hydrogens (tertiary/aromatic N) is 2. The number of hydrogen-bond acceptors (Lipinski definition) is 1. The van der Waals surface area contributed by atoms with Gasteiger partial charge in [-0.25, -0.2) is 9.69 Å². The van der Waals surface area contributed by atoms with Gasteiger partial charge >= 0.3 is 6.09 Å². The van der Waals surface area contributed by atoms with Crippen LogP contribution >= 0.6 is 0 Å². The lowest BCUT2D eigenvalue weighted by molar-refractivity contribution is 0.205. The number of hydrogen-bond donors (Lipinski definition) is 1. The largest absolute Gasteiger partial charge is 0.464 e. The van der Waals surface area contributed by atoms with Gasteiger partial charge in [0.25, 0.3) is 0 Å². The Hall–Kier alpha value is -3.27. The molecule has 25 heavy (non-hydrogen) atoms. The van der Waals surface area contributed by atoms with Crippen molar-refractivity contribution in [2.24, 2.45) is 0 Å². The summed E-state index contributed by atoms with van der Waals surface area (Å²) in [5.74, 6) is 0. The zero-order valence-electron chi connectivity index (χ0n) is 13.9. The molecule has 4 rings (SSSR count). The molecule has 0 aliphatic carbocycles. The van der Waals surface area contributed by atoms with Gasteiger partial charge in [-0.3, -0.25) is 0 Å². The van der Waals surface area contributed by atoms with Gasteiger partial charge in [-0.15, -0.1) is 0 Å². The van der Waals surface area contributed by atoms with Gasteiger partial charge in [-0.2, -0.15) is 0 Å². The molecule has 4 nitrogen and oxygen atoms in total. The highest BCUT2D eigenvalue weighted by molar-refractivity contribution is 6.10. The SMILES string of the molecule is CCn1c2ccccc2c2cc(N(C(=O)O)c3ccccc3)ccc21. The lowest BCUT2D eigenvalue weighted by Gasteiger charge is -2.19. The number of para-hydroxylation sites is 2. The molecule has 0 spiro atoms. The number of benzene rings is 3. The fraction of sp³-hybridized carbons (Fsp3) is 0.0952. The Balaban J connectivity index is 1.97. The van der Waals surface area contributed by atoms with E-state index in [1.807, 2.05) is 48.5 Å². The molecule has 0 fully saturated rings. The average Bonchev–Trinajstić information content (AvgIpc) is 2.96. The smallest absolute Gasteiger partial charge is 0.416 e. The molecule has 0 saturated heterocycles. The van der Waals surface area contributed by atoms with Crippen LogP contribution in [-0.4, -0.2) is 15.8 Å². The van der Waals surface area contributed by atoms with Crippen LogP contribution in [0.1, 0.15) is 6.92 Å². The Labute approximate surface area is 145 Å². The second kappa shape index (κ2) is 5.98. The molecule has 0 saturated carbocycles.